The summed E-state index contributed by atoms with van der Waals surface area (Å²) in [5.41, 5.74) is 0.686. The summed E-state index contributed by atoms with van der Waals surface area (Å²) in [5.74, 6) is 1.70. The maximum atomic E-state index is 12.9. The first-order valence-corrected chi connectivity index (χ1v) is 9.52. The number of para-hydroxylation sites is 1. The molecule has 1 aliphatic heterocycles. The van der Waals surface area contributed by atoms with Crippen molar-refractivity contribution in [3.8, 4) is 5.75 Å². The highest BCUT2D eigenvalue weighted by atomic mass is 16.5. The summed E-state index contributed by atoms with van der Waals surface area (Å²) in [6.07, 6.45) is 4.86. The standard InChI is InChI=1S/C20H31N3O2/c1-22(2)13-14-25-19-6-4-3-5-18(19)20(24)23-11-9-17(10-12-23)21-15-16-7-8-16/h3-6,16-17,21H,7-15H2,1-2H3. The number of benzene rings is 1. The van der Waals surface area contributed by atoms with Crippen LogP contribution in [0.25, 0.3) is 0 Å². The highest BCUT2D eigenvalue weighted by Gasteiger charge is 2.27. The SMILES string of the molecule is CN(C)CCOc1ccccc1C(=O)N1CCC(NCC2CC2)CC1. The van der Waals surface area contributed by atoms with E-state index >= 15 is 0 Å². The summed E-state index contributed by atoms with van der Waals surface area (Å²) in [6.45, 7) is 4.23. The summed E-state index contributed by atoms with van der Waals surface area (Å²) in [4.78, 5) is 17.0. The van der Waals surface area contributed by atoms with Gasteiger partial charge in [-0.15, -0.1) is 0 Å². The van der Waals surface area contributed by atoms with Crippen LogP contribution >= 0.6 is 0 Å². The molecule has 1 amide bonds. The summed E-state index contributed by atoms with van der Waals surface area (Å²) in [6, 6.07) is 8.18. The van der Waals surface area contributed by atoms with E-state index in [1.165, 1.54) is 12.8 Å². The molecule has 5 nitrogen and oxygen atoms in total. The van der Waals surface area contributed by atoms with Gasteiger partial charge in [-0.2, -0.15) is 0 Å². The second-order valence-corrected chi connectivity index (χ2v) is 7.57. The van der Waals surface area contributed by atoms with E-state index in [1.54, 1.807) is 0 Å². The first kappa shape index (κ1) is 18.2. The second-order valence-electron chi connectivity index (χ2n) is 7.57. The van der Waals surface area contributed by atoms with Crippen LogP contribution in [0.1, 0.15) is 36.0 Å². The Balaban J connectivity index is 1.52. The van der Waals surface area contributed by atoms with E-state index in [4.69, 9.17) is 4.74 Å². The van der Waals surface area contributed by atoms with E-state index in [0.29, 0.717) is 24.0 Å². The van der Waals surface area contributed by atoms with Gasteiger partial charge in [-0.25, -0.2) is 0 Å². The molecule has 1 saturated carbocycles. The number of hydrogen-bond donors (Lipinski definition) is 1. The molecule has 138 valence electrons. The Morgan fingerprint density at radius 1 is 1.20 bits per heavy atom. The number of hydrogen-bond acceptors (Lipinski definition) is 4. The zero-order valence-corrected chi connectivity index (χ0v) is 15.5. The Bertz CT molecular complexity index is 564. The molecule has 25 heavy (non-hydrogen) atoms. The average molecular weight is 345 g/mol. The van der Waals surface area contributed by atoms with Gasteiger partial charge in [-0.05, 0) is 64.4 Å². The summed E-state index contributed by atoms with van der Waals surface area (Å²) >= 11 is 0. The lowest BCUT2D eigenvalue weighted by Crippen LogP contribution is -2.45. The molecule has 2 aliphatic rings. The minimum Gasteiger partial charge on any atom is -0.491 e. The second kappa shape index (κ2) is 8.68. The molecule has 0 radical (unpaired) electrons. The number of carbonyl (C=O) groups excluding carboxylic acids is 1. The minimum absolute atomic E-state index is 0.0982. The fourth-order valence-corrected chi connectivity index (χ4v) is 3.22. The van der Waals surface area contributed by atoms with Crippen molar-refractivity contribution < 1.29 is 9.53 Å². The lowest BCUT2D eigenvalue weighted by Gasteiger charge is -2.33. The van der Waals surface area contributed by atoms with Crippen LogP contribution in [0.4, 0.5) is 0 Å². The van der Waals surface area contributed by atoms with Crippen molar-refractivity contribution in [2.45, 2.75) is 31.7 Å². The van der Waals surface area contributed by atoms with Crippen molar-refractivity contribution in [2.75, 3.05) is 46.9 Å². The van der Waals surface area contributed by atoms with E-state index in [9.17, 15) is 4.79 Å². The largest absolute Gasteiger partial charge is 0.491 e. The fourth-order valence-electron chi connectivity index (χ4n) is 3.22. The predicted octanol–water partition coefficient (Wildman–Crippen LogP) is 2.23. The third-order valence-electron chi connectivity index (χ3n) is 5.09. The van der Waals surface area contributed by atoms with Crippen LogP contribution in [0.2, 0.25) is 0 Å². The van der Waals surface area contributed by atoms with Gasteiger partial charge in [-0.3, -0.25) is 4.79 Å². The number of rotatable bonds is 8. The molecular weight excluding hydrogens is 314 g/mol. The van der Waals surface area contributed by atoms with Gasteiger partial charge in [0, 0.05) is 25.7 Å². The monoisotopic (exact) mass is 345 g/mol. The maximum Gasteiger partial charge on any atom is 0.257 e. The Kier molecular flexibility index (Phi) is 6.32. The minimum atomic E-state index is 0.0982. The zero-order valence-electron chi connectivity index (χ0n) is 15.5. The number of ether oxygens (including phenoxy) is 1. The van der Waals surface area contributed by atoms with Crippen molar-refractivity contribution in [1.29, 1.82) is 0 Å². The molecular formula is C20H31N3O2. The first-order chi connectivity index (χ1) is 12.1. The summed E-state index contributed by atoms with van der Waals surface area (Å²) in [5, 5.41) is 3.67. The quantitative estimate of drug-likeness (QED) is 0.785. The van der Waals surface area contributed by atoms with Gasteiger partial charge in [0.1, 0.15) is 12.4 Å². The number of likely N-dealkylation sites (tertiary alicyclic amines) is 1. The molecule has 0 spiro atoms. The molecule has 0 bridgehead atoms. The van der Waals surface area contributed by atoms with Crippen LogP contribution in [0.15, 0.2) is 24.3 Å². The maximum absolute atomic E-state index is 12.9. The zero-order chi connectivity index (χ0) is 17.6. The smallest absolute Gasteiger partial charge is 0.257 e. The average Bonchev–Trinajstić information content (AvgIpc) is 3.44. The van der Waals surface area contributed by atoms with Crippen molar-refractivity contribution in [3.05, 3.63) is 29.8 Å². The van der Waals surface area contributed by atoms with E-state index < -0.39 is 0 Å². The molecule has 0 atom stereocenters. The molecule has 1 heterocycles. The molecule has 1 aromatic carbocycles. The number of piperidine rings is 1. The van der Waals surface area contributed by atoms with Crippen LogP contribution in [0.5, 0.6) is 5.75 Å². The number of amides is 1. The predicted molar refractivity (Wildman–Crippen MR) is 100 cm³/mol. The Morgan fingerprint density at radius 2 is 1.92 bits per heavy atom. The van der Waals surface area contributed by atoms with Crippen LogP contribution < -0.4 is 10.1 Å². The molecule has 1 aromatic rings. The molecule has 1 aliphatic carbocycles. The molecule has 0 aromatic heterocycles. The van der Waals surface area contributed by atoms with Crippen molar-refractivity contribution >= 4 is 5.91 Å². The normalized spacial score (nSPS) is 18.6. The topological polar surface area (TPSA) is 44.8 Å². The lowest BCUT2D eigenvalue weighted by atomic mass is 10.0. The molecule has 5 heteroatoms. The van der Waals surface area contributed by atoms with E-state index in [-0.39, 0.29) is 5.91 Å². The number of nitrogens with one attached hydrogen (secondary N) is 1. The highest BCUT2D eigenvalue weighted by Crippen LogP contribution is 2.28. The molecule has 3 rings (SSSR count). The van der Waals surface area contributed by atoms with E-state index in [1.807, 2.05) is 43.3 Å². The summed E-state index contributed by atoms with van der Waals surface area (Å²) in [7, 11) is 4.03. The number of likely N-dealkylation sites (N-methyl/N-ethyl adjacent to an activating group) is 1. The van der Waals surface area contributed by atoms with E-state index in [0.717, 1.165) is 44.9 Å². The molecule has 1 N–H and O–H groups in total. The van der Waals surface area contributed by atoms with Gasteiger partial charge in [-0.1, -0.05) is 12.1 Å². The number of nitrogens with zero attached hydrogens (tertiary/aromatic N) is 2. The van der Waals surface area contributed by atoms with Crippen LogP contribution in [-0.4, -0.2) is 68.6 Å². The fraction of sp³-hybridized carbons (Fsp3) is 0.650. The van der Waals surface area contributed by atoms with Crippen molar-refractivity contribution in [3.63, 3.8) is 0 Å². The van der Waals surface area contributed by atoms with Crippen LogP contribution in [0, 0.1) is 5.92 Å². The van der Waals surface area contributed by atoms with Gasteiger partial charge in [0.05, 0.1) is 5.56 Å². The number of carbonyl (C=O) groups is 1. The first-order valence-electron chi connectivity index (χ1n) is 9.52. The van der Waals surface area contributed by atoms with Gasteiger partial charge < -0.3 is 19.9 Å². The Labute approximate surface area is 151 Å². The van der Waals surface area contributed by atoms with E-state index in [2.05, 4.69) is 10.2 Å². The van der Waals surface area contributed by atoms with Crippen molar-refractivity contribution in [2.24, 2.45) is 5.92 Å². The summed E-state index contributed by atoms with van der Waals surface area (Å²) < 4.78 is 5.85. The lowest BCUT2D eigenvalue weighted by molar-refractivity contribution is 0.0700. The highest BCUT2D eigenvalue weighted by molar-refractivity contribution is 5.97. The van der Waals surface area contributed by atoms with Crippen LogP contribution in [-0.2, 0) is 0 Å². The molecule has 2 fully saturated rings. The van der Waals surface area contributed by atoms with Gasteiger partial charge >= 0.3 is 0 Å². The third kappa shape index (κ3) is 5.44. The van der Waals surface area contributed by atoms with Gasteiger partial charge in [0.15, 0.2) is 0 Å². The molecule has 1 saturated heterocycles. The molecule has 0 unspecified atom stereocenters. The third-order valence-corrected chi connectivity index (χ3v) is 5.09. The van der Waals surface area contributed by atoms with Gasteiger partial charge in [0.25, 0.3) is 5.91 Å². The Morgan fingerprint density at radius 3 is 2.60 bits per heavy atom. The van der Waals surface area contributed by atoms with Gasteiger partial charge in [0.2, 0.25) is 0 Å². The van der Waals surface area contributed by atoms with Crippen molar-refractivity contribution in [1.82, 2.24) is 15.1 Å². The van der Waals surface area contributed by atoms with Crippen LogP contribution in [0.3, 0.4) is 0 Å². The Hall–Kier alpha value is -1.59.